The summed E-state index contributed by atoms with van der Waals surface area (Å²) in [7, 11) is 1.46. The molecule has 1 aromatic rings. The summed E-state index contributed by atoms with van der Waals surface area (Å²) in [5.74, 6) is -0.297. The molecule has 2 atom stereocenters. The van der Waals surface area contributed by atoms with Crippen LogP contribution in [0.15, 0.2) is 12.1 Å². The van der Waals surface area contributed by atoms with Gasteiger partial charge in [0.15, 0.2) is 0 Å². The molecule has 1 aliphatic heterocycles. The lowest BCUT2D eigenvalue weighted by Gasteiger charge is -2.25. The number of alkyl halides is 1. The van der Waals surface area contributed by atoms with Crippen LogP contribution >= 0.6 is 0 Å². The third kappa shape index (κ3) is 8.55. The first-order chi connectivity index (χ1) is 16.0. The van der Waals surface area contributed by atoms with Crippen molar-refractivity contribution in [1.82, 2.24) is 15.2 Å². The third-order valence-corrected chi connectivity index (χ3v) is 6.21. The summed E-state index contributed by atoms with van der Waals surface area (Å²) in [5, 5.41) is 15.5. The zero-order valence-electron chi connectivity index (χ0n) is 19.5. The molecule has 0 spiro atoms. The van der Waals surface area contributed by atoms with Crippen LogP contribution in [0.5, 0.6) is 0 Å². The monoisotopic (exact) mass is 464 g/mol. The quantitative estimate of drug-likeness (QED) is 0.343. The molecule has 0 saturated heterocycles. The molecule has 1 fully saturated rings. The van der Waals surface area contributed by atoms with Crippen LogP contribution in [-0.2, 0) is 27.2 Å². The SMILES string of the molecule is COCC(F)CN(CCCCc1ccc2c(n1)NCCC2)CCC(NC(=O)C1CC1)C(=O)O. The molecule has 3 N–H and O–H groups in total. The fraction of sp³-hybridized carbons (Fsp3) is 0.708. The van der Waals surface area contributed by atoms with E-state index < -0.39 is 18.2 Å². The fourth-order valence-corrected chi connectivity index (χ4v) is 4.16. The van der Waals surface area contributed by atoms with Gasteiger partial charge in [-0.15, -0.1) is 0 Å². The standard InChI is InChI=1S/C24H37FN4O4/c1-33-16-19(25)15-29(14-11-21(24(31)32)28-23(30)18-7-8-18)13-3-2-6-20-10-9-17-5-4-12-26-22(17)27-20/h9-10,18-19,21H,2-8,11-16H2,1H3,(H,26,27)(H,28,30)(H,31,32). The van der Waals surface area contributed by atoms with Crippen LogP contribution in [-0.4, -0.2) is 79.0 Å². The van der Waals surface area contributed by atoms with E-state index in [9.17, 15) is 19.1 Å². The highest BCUT2D eigenvalue weighted by atomic mass is 19.1. The van der Waals surface area contributed by atoms with Crippen LogP contribution in [0, 0.1) is 5.92 Å². The minimum absolute atomic E-state index is 0.00329. The van der Waals surface area contributed by atoms with Crippen molar-refractivity contribution in [3.63, 3.8) is 0 Å². The highest BCUT2D eigenvalue weighted by molar-refractivity contribution is 5.86. The normalized spacial score (nSPS) is 17.2. The van der Waals surface area contributed by atoms with Gasteiger partial charge in [0.2, 0.25) is 5.91 Å². The molecule has 2 aliphatic rings. The van der Waals surface area contributed by atoms with Crippen molar-refractivity contribution in [2.24, 2.45) is 5.92 Å². The zero-order chi connectivity index (χ0) is 23.6. The molecule has 184 valence electrons. The van der Waals surface area contributed by atoms with Crippen molar-refractivity contribution in [3.05, 3.63) is 23.4 Å². The van der Waals surface area contributed by atoms with Crippen molar-refractivity contribution in [2.45, 2.75) is 63.6 Å². The van der Waals surface area contributed by atoms with E-state index in [2.05, 4.69) is 22.8 Å². The summed E-state index contributed by atoms with van der Waals surface area (Å²) in [5.41, 5.74) is 2.32. The number of hydrogen-bond acceptors (Lipinski definition) is 6. The van der Waals surface area contributed by atoms with Gasteiger partial charge in [0.05, 0.1) is 6.61 Å². The molecule has 33 heavy (non-hydrogen) atoms. The molecule has 9 heteroatoms. The van der Waals surface area contributed by atoms with Crippen molar-refractivity contribution in [1.29, 1.82) is 0 Å². The van der Waals surface area contributed by atoms with Crippen molar-refractivity contribution < 1.29 is 23.8 Å². The maximum absolute atomic E-state index is 14.2. The Hall–Kier alpha value is -2.26. The molecule has 2 heterocycles. The predicted molar refractivity (Wildman–Crippen MR) is 124 cm³/mol. The van der Waals surface area contributed by atoms with E-state index in [1.54, 1.807) is 0 Å². The topological polar surface area (TPSA) is 104 Å². The van der Waals surface area contributed by atoms with Gasteiger partial charge >= 0.3 is 5.97 Å². The number of methoxy groups -OCH3 is 1. The van der Waals surface area contributed by atoms with Crippen LogP contribution in [0.4, 0.5) is 10.2 Å². The van der Waals surface area contributed by atoms with E-state index in [0.29, 0.717) is 13.1 Å². The minimum Gasteiger partial charge on any atom is -0.480 e. The van der Waals surface area contributed by atoms with Gasteiger partial charge in [-0.05, 0) is 69.5 Å². The Morgan fingerprint density at radius 2 is 2.15 bits per heavy atom. The number of carboxylic acids is 1. The average molecular weight is 465 g/mol. The van der Waals surface area contributed by atoms with Gasteiger partial charge in [-0.25, -0.2) is 14.2 Å². The lowest BCUT2D eigenvalue weighted by atomic mass is 10.1. The first-order valence-corrected chi connectivity index (χ1v) is 12.1. The first-order valence-electron chi connectivity index (χ1n) is 12.1. The summed E-state index contributed by atoms with van der Waals surface area (Å²) in [4.78, 5) is 30.2. The van der Waals surface area contributed by atoms with E-state index in [1.165, 1.54) is 12.7 Å². The largest absolute Gasteiger partial charge is 0.480 e. The second-order valence-corrected chi connectivity index (χ2v) is 9.11. The fourth-order valence-electron chi connectivity index (χ4n) is 4.16. The molecule has 0 bridgehead atoms. The van der Waals surface area contributed by atoms with Gasteiger partial charge in [0, 0.05) is 38.4 Å². The number of halogens is 1. The zero-order valence-corrected chi connectivity index (χ0v) is 19.5. The van der Waals surface area contributed by atoms with Gasteiger partial charge in [0.1, 0.15) is 18.0 Å². The number of carbonyl (C=O) groups is 2. The van der Waals surface area contributed by atoms with Crippen LogP contribution in [0.3, 0.4) is 0 Å². The van der Waals surface area contributed by atoms with Crippen molar-refractivity contribution in [3.8, 4) is 0 Å². The maximum Gasteiger partial charge on any atom is 0.326 e. The number of carboxylic acid groups (broad SMARTS) is 1. The molecular formula is C24H37FN4O4. The average Bonchev–Trinajstić information content (AvgIpc) is 3.64. The lowest BCUT2D eigenvalue weighted by molar-refractivity contribution is -0.142. The number of aromatic nitrogens is 1. The van der Waals surface area contributed by atoms with Crippen molar-refractivity contribution >= 4 is 17.7 Å². The smallest absolute Gasteiger partial charge is 0.326 e. The number of aliphatic carboxylic acids is 1. The number of aryl methyl sites for hydroxylation is 2. The number of hydrogen-bond donors (Lipinski definition) is 3. The lowest BCUT2D eigenvalue weighted by Crippen LogP contribution is -2.44. The highest BCUT2D eigenvalue weighted by Crippen LogP contribution is 2.29. The predicted octanol–water partition coefficient (Wildman–Crippen LogP) is 2.42. The Bertz CT molecular complexity index is 790. The Labute approximate surface area is 195 Å². The molecule has 1 saturated carbocycles. The second-order valence-electron chi connectivity index (χ2n) is 9.11. The van der Waals surface area contributed by atoms with Crippen LogP contribution in [0.1, 0.15) is 49.8 Å². The molecule has 3 rings (SSSR count). The summed E-state index contributed by atoms with van der Waals surface area (Å²) in [6, 6.07) is 3.28. The number of pyridine rings is 1. The Balaban J connectivity index is 1.47. The molecule has 0 radical (unpaired) electrons. The Kier molecular flexibility index (Phi) is 9.87. The molecule has 1 aliphatic carbocycles. The highest BCUT2D eigenvalue weighted by Gasteiger charge is 2.32. The third-order valence-electron chi connectivity index (χ3n) is 6.21. The first kappa shape index (κ1) is 25.4. The number of unbranched alkanes of at least 4 members (excludes halogenated alkanes) is 1. The van der Waals surface area contributed by atoms with Crippen LogP contribution in [0.25, 0.3) is 0 Å². The van der Waals surface area contributed by atoms with Gasteiger partial charge in [-0.1, -0.05) is 6.07 Å². The molecular weight excluding hydrogens is 427 g/mol. The van der Waals surface area contributed by atoms with Gasteiger partial charge < -0.3 is 25.4 Å². The van der Waals surface area contributed by atoms with Gasteiger partial charge in [0.25, 0.3) is 0 Å². The number of anilines is 1. The van der Waals surface area contributed by atoms with Crippen LogP contribution in [0.2, 0.25) is 0 Å². The molecule has 2 unspecified atom stereocenters. The number of amides is 1. The number of rotatable bonds is 15. The summed E-state index contributed by atoms with van der Waals surface area (Å²) < 4.78 is 19.1. The van der Waals surface area contributed by atoms with Gasteiger partial charge in [-0.3, -0.25) is 4.79 Å². The van der Waals surface area contributed by atoms with Gasteiger partial charge in [-0.2, -0.15) is 0 Å². The second kappa shape index (κ2) is 12.8. The van der Waals surface area contributed by atoms with Crippen molar-refractivity contribution in [2.75, 3.05) is 45.2 Å². The molecule has 8 nitrogen and oxygen atoms in total. The molecule has 0 aromatic carbocycles. The Morgan fingerprint density at radius 3 is 2.88 bits per heavy atom. The number of carbonyl (C=O) groups excluding carboxylic acids is 1. The minimum atomic E-state index is -1.15. The van der Waals surface area contributed by atoms with E-state index >= 15 is 0 Å². The molecule has 1 aromatic heterocycles. The number of fused-ring (bicyclic) bond motifs is 1. The number of nitrogens with zero attached hydrogens (tertiary/aromatic N) is 2. The maximum atomic E-state index is 14.2. The number of nitrogens with one attached hydrogen (secondary N) is 2. The summed E-state index contributed by atoms with van der Waals surface area (Å²) in [6.07, 6.45) is 5.53. The molecule has 1 amide bonds. The van der Waals surface area contributed by atoms with E-state index in [0.717, 1.165) is 63.0 Å². The number of ether oxygens (including phenoxy) is 1. The summed E-state index contributed by atoms with van der Waals surface area (Å²) in [6.45, 7) is 2.19. The van der Waals surface area contributed by atoms with Crippen LogP contribution < -0.4 is 10.6 Å². The van der Waals surface area contributed by atoms with E-state index in [-0.39, 0.29) is 31.4 Å². The Morgan fingerprint density at radius 1 is 1.33 bits per heavy atom. The summed E-state index contributed by atoms with van der Waals surface area (Å²) >= 11 is 0. The van der Waals surface area contributed by atoms with E-state index in [4.69, 9.17) is 9.72 Å². The van der Waals surface area contributed by atoms with E-state index in [1.807, 2.05) is 4.90 Å².